The zero-order chi connectivity index (χ0) is 10.2. The van der Waals surface area contributed by atoms with Gasteiger partial charge in [-0.15, -0.1) is 0 Å². The Hall–Kier alpha value is -0.610. The fourth-order valence-corrected chi connectivity index (χ4v) is 1.61. The molecule has 1 unspecified atom stereocenters. The molecule has 1 atom stereocenters. The van der Waals surface area contributed by atoms with Crippen molar-refractivity contribution in [3.05, 3.63) is 0 Å². The first kappa shape index (κ1) is 11.5. The minimum Gasteiger partial charge on any atom is -0.466 e. The van der Waals surface area contributed by atoms with Gasteiger partial charge in [-0.05, 0) is 32.7 Å². The highest BCUT2D eigenvalue weighted by Gasteiger charge is 2.11. The maximum absolute atomic E-state index is 11.0. The van der Waals surface area contributed by atoms with Gasteiger partial charge >= 0.3 is 5.97 Å². The summed E-state index contributed by atoms with van der Waals surface area (Å²) in [7, 11) is 0. The molecule has 0 aromatic rings. The number of piperidine rings is 1. The number of esters is 1. The van der Waals surface area contributed by atoms with Crippen LogP contribution in [0.4, 0.5) is 0 Å². The van der Waals surface area contributed by atoms with Gasteiger partial charge in [-0.1, -0.05) is 0 Å². The van der Waals surface area contributed by atoms with Crippen LogP contribution in [-0.4, -0.2) is 31.8 Å². The van der Waals surface area contributed by atoms with Crippen LogP contribution in [0.5, 0.6) is 0 Å². The Labute approximate surface area is 85.4 Å². The molecule has 2 N–H and O–H groups in total. The summed E-state index contributed by atoms with van der Waals surface area (Å²) >= 11 is 0. The SMILES string of the molecule is CCOC(=O)CCNC1CCCCN1. The Balaban J connectivity index is 1.99. The molecule has 1 aliphatic rings. The molecule has 4 heteroatoms. The lowest BCUT2D eigenvalue weighted by Crippen LogP contribution is -2.45. The second-order valence-corrected chi connectivity index (χ2v) is 3.51. The van der Waals surface area contributed by atoms with Crippen LogP contribution in [0.1, 0.15) is 32.6 Å². The minimum absolute atomic E-state index is 0.115. The van der Waals surface area contributed by atoms with Crippen LogP contribution in [0.25, 0.3) is 0 Å². The van der Waals surface area contributed by atoms with Gasteiger partial charge in [0.1, 0.15) is 0 Å². The molecule has 1 rings (SSSR count). The van der Waals surface area contributed by atoms with E-state index >= 15 is 0 Å². The molecule has 0 bridgehead atoms. The zero-order valence-corrected chi connectivity index (χ0v) is 8.84. The quantitative estimate of drug-likeness (QED) is 0.639. The zero-order valence-electron chi connectivity index (χ0n) is 8.84. The number of carbonyl (C=O) groups is 1. The normalized spacial score (nSPS) is 21.9. The maximum Gasteiger partial charge on any atom is 0.307 e. The Kier molecular flexibility index (Phi) is 5.56. The predicted octanol–water partition coefficient (Wildman–Crippen LogP) is 0.629. The molecule has 1 aliphatic heterocycles. The average Bonchev–Trinajstić information content (AvgIpc) is 2.20. The van der Waals surface area contributed by atoms with E-state index in [2.05, 4.69) is 10.6 Å². The first-order chi connectivity index (χ1) is 6.83. The monoisotopic (exact) mass is 200 g/mol. The lowest BCUT2D eigenvalue weighted by atomic mass is 10.1. The van der Waals surface area contributed by atoms with Crippen LogP contribution in [-0.2, 0) is 9.53 Å². The van der Waals surface area contributed by atoms with E-state index in [0.29, 0.717) is 25.7 Å². The van der Waals surface area contributed by atoms with E-state index in [4.69, 9.17) is 4.74 Å². The fraction of sp³-hybridized carbons (Fsp3) is 0.900. The van der Waals surface area contributed by atoms with Crippen molar-refractivity contribution < 1.29 is 9.53 Å². The molecular formula is C10H20N2O2. The van der Waals surface area contributed by atoms with Crippen LogP contribution < -0.4 is 10.6 Å². The van der Waals surface area contributed by atoms with Crippen molar-refractivity contribution in [2.24, 2.45) is 0 Å². The number of ether oxygens (including phenoxy) is 1. The van der Waals surface area contributed by atoms with Gasteiger partial charge in [0.2, 0.25) is 0 Å². The summed E-state index contributed by atoms with van der Waals surface area (Å²) in [6.45, 7) is 4.09. The van der Waals surface area contributed by atoms with Crippen molar-refractivity contribution in [2.45, 2.75) is 38.8 Å². The Morgan fingerprint density at radius 1 is 1.57 bits per heavy atom. The maximum atomic E-state index is 11.0. The van der Waals surface area contributed by atoms with E-state index < -0.39 is 0 Å². The summed E-state index contributed by atoms with van der Waals surface area (Å²) in [5.74, 6) is -0.115. The smallest absolute Gasteiger partial charge is 0.307 e. The lowest BCUT2D eigenvalue weighted by Gasteiger charge is -2.24. The first-order valence-corrected chi connectivity index (χ1v) is 5.45. The molecule has 82 valence electrons. The van der Waals surface area contributed by atoms with Crippen molar-refractivity contribution >= 4 is 5.97 Å². The molecule has 0 aliphatic carbocycles. The van der Waals surface area contributed by atoms with E-state index in [0.717, 1.165) is 13.0 Å². The van der Waals surface area contributed by atoms with E-state index in [1.807, 2.05) is 6.92 Å². The topological polar surface area (TPSA) is 50.4 Å². The van der Waals surface area contributed by atoms with Crippen molar-refractivity contribution in [3.63, 3.8) is 0 Å². The van der Waals surface area contributed by atoms with Crippen LogP contribution >= 0.6 is 0 Å². The minimum atomic E-state index is -0.115. The van der Waals surface area contributed by atoms with Gasteiger partial charge < -0.3 is 15.4 Å². The average molecular weight is 200 g/mol. The molecule has 0 aromatic carbocycles. The number of hydrogen-bond acceptors (Lipinski definition) is 4. The molecule has 0 aromatic heterocycles. The van der Waals surface area contributed by atoms with E-state index in [1.54, 1.807) is 0 Å². The molecule has 14 heavy (non-hydrogen) atoms. The number of rotatable bonds is 5. The fourth-order valence-electron chi connectivity index (χ4n) is 1.61. The summed E-state index contributed by atoms with van der Waals surface area (Å²) in [4.78, 5) is 11.0. The number of carbonyl (C=O) groups excluding carboxylic acids is 1. The largest absolute Gasteiger partial charge is 0.466 e. The second-order valence-electron chi connectivity index (χ2n) is 3.51. The van der Waals surface area contributed by atoms with Gasteiger partial charge in [-0.3, -0.25) is 4.79 Å². The highest BCUT2D eigenvalue weighted by Crippen LogP contribution is 2.04. The van der Waals surface area contributed by atoms with E-state index in [9.17, 15) is 4.79 Å². The summed E-state index contributed by atoms with van der Waals surface area (Å²) in [6.07, 6.45) is 4.53. The van der Waals surface area contributed by atoms with Crippen LogP contribution in [0.15, 0.2) is 0 Å². The highest BCUT2D eigenvalue weighted by molar-refractivity contribution is 5.69. The summed E-state index contributed by atoms with van der Waals surface area (Å²) in [5.41, 5.74) is 0. The molecule has 0 spiro atoms. The Morgan fingerprint density at radius 2 is 2.43 bits per heavy atom. The summed E-state index contributed by atoms with van der Waals surface area (Å²) in [6, 6.07) is 0. The number of hydrogen-bond donors (Lipinski definition) is 2. The highest BCUT2D eigenvalue weighted by atomic mass is 16.5. The molecule has 4 nitrogen and oxygen atoms in total. The summed E-state index contributed by atoms with van der Waals surface area (Å²) < 4.78 is 4.83. The third-order valence-corrected chi connectivity index (χ3v) is 2.34. The third kappa shape index (κ3) is 4.58. The van der Waals surface area contributed by atoms with Crippen LogP contribution in [0.2, 0.25) is 0 Å². The Morgan fingerprint density at radius 3 is 3.07 bits per heavy atom. The van der Waals surface area contributed by atoms with E-state index in [-0.39, 0.29) is 5.97 Å². The van der Waals surface area contributed by atoms with Crippen molar-refractivity contribution in [2.75, 3.05) is 19.7 Å². The van der Waals surface area contributed by atoms with Gasteiger partial charge in [-0.25, -0.2) is 0 Å². The van der Waals surface area contributed by atoms with Gasteiger partial charge in [0.05, 0.1) is 19.2 Å². The van der Waals surface area contributed by atoms with Crippen molar-refractivity contribution in [1.29, 1.82) is 0 Å². The lowest BCUT2D eigenvalue weighted by molar-refractivity contribution is -0.143. The van der Waals surface area contributed by atoms with Crippen molar-refractivity contribution in [1.82, 2.24) is 10.6 Å². The van der Waals surface area contributed by atoms with Gasteiger partial charge in [0, 0.05) is 6.54 Å². The molecule has 1 fully saturated rings. The van der Waals surface area contributed by atoms with Gasteiger partial charge in [0.25, 0.3) is 0 Å². The molecule has 1 heterocycles. The standard InChI is InChI=1S/C10H20N2O2/c1-2-14-10(13)6-8-12-9-5-3-4-7-11-9/h9,11-12H,2-8H2,1H3. The van der Waals surface area contributed by atoms with Gasteiger partial charge in [0.15, 0.2) is 0 Å². The number of nitrogens with one attached hydrogen (secondary N) is 2. The molecule has 0 amide bonds. The molecular weight excluding hydrogens is 180 g/mol. The molecule has 0 saturated carbocycles. The van der Waals surface area contributed by atoms with Gasteiger partial charge in [-0.2, -0.15) is 0 Å². The third-order valence-electron chi connectivity index (χ3n) is 2.34. The first-order valence-electron chi connectivity index (χ1n) is 5.45. The molecule has 1 saturated heterocycles. The predicted molar refractivity (Wildman–Crippen MR) is 54.9 cm³/mol. The van der Waals surface area contributed by atoms with Crippen LogP contribution in [0.3, 0.4) is 0 Å². The van der Waals surface area contributed by atoms with E-state index in [1.165, 1.54) is 12.8 Å². The molecule has 0 radical (unpaired) electrons. The van der Waals surface area contributed by atoms with Crippen LogP contribution in [0, 0.1) is 0 Å². The second kappa shape index (κ2) is 6.79. The van der Waals surface area contributed by atoms with Crippen molar-refractivity contribution in [3.8, 4) is 0 Å². The Bertz CT molecular complexity index is 168. The summed E-state index contributed by atoms with van der Waals surface area (Å²) in [5, 5.41) is 6.66.